The molecule has 23 heavy (non-hydrogen) atoms. The third-order valence-electron chi connectivity index (χ3n) is 4.25. The second kappa shape index (κ2) is 10.1. The standard InChI is InChI=1S/C21H29NO/c1-2-3-4-10-15-23-21-14-9-8-13-19(21)16-20(17-22)18-11-6-5-7-12-18/h5-9,11-14,20H,2-4,10,15-17,22H2,1H3. The summed E-state index contributed by atoms with van der Waals surface area (Å²) in [7, 11) is 0. The van der Waals surface area contributed by atoms with Crippen molar-refractivity contribution in [3.8, 4) is 5.75 Å². The first-order chi connectivity index (χ1) is 11.3. The van der Waals surface area contributed by atoms with Crippen LogP contribution in [0.25, 0.3) is 0 Å². The summed E-state index contributed by atoms with van der Waals surface area (Å²) in [5, 5.41) is 0. The van der Waals surface area contributed by atoms with Gasteiger partial charge in [0.2, 0.25) is 0 Å². The molecule has 0 aliphatic heterocycles. The number of hydrogen-bond acceptors (Lipinski definition) is 2. The van der Waals surface area contributed by atoms with Gasteiger partial charge in [0, 0.05) is 5.92 Å². The Hall–Kier alpha value is -1.80. The lowest BCUT2D eigenvalue weighted by atomic mass is 9.92. The topological polar surface area (TPSA) is 35.2 Å². The molecule has 0 spiro atoms. The fourth-order valence-electron chi connectivity index (χ4n) is 2.85. The highest BCUT2D eigenvalue weighted by atomic mass is 16.5. The first-order valence-corrected chi connectivity index (χ1v) is 8.80. The van der Waals surface area contributed by atoms with E-state index in [4.69, 9.17) is 10.5 Å². The zero-order valence-electron chi connectivity index (χ0n) is 14.2. The van der Waals surface area contributed by atoms with Crippen molar-refractivity contribution < 1.29 is 4.74 Å². The Labute approximate surface area is 140 Å². The molecule has 0 aromatic heterocycles. The molecule has 2 nitrogen and oxygen atoms in total. The molecule has 0 heterocycles. The lowest BCUT2D eigenvalue weighted by Gasteiger charge is -2.18. The Morgan fingerprint density at radius 3 is 2.39 bits per heavy atom. The van der Waals surface area contributed by atoms with Gasteiger partial charge in [-0.25, -0.2) is 0 Å². The van der Waals surface area contributed by atoms with Gasteiger partial charge in [0.15, 0.2) is 0 Å². The van der Waals surface area contributed by atoms with Gasteiger partial charge < -0.3 is 10.5 Å². The second-order valence-electron chi connectivity index (χ2n) is 6.06. The summed E-state index contributed by atoms with van der Waals surface area (Å²) in [6.07, 6.45) is 5.83. The number of rotatable bonds is 10. The van der Waals surface area contributed by atoms with E-state index in [0.29, 0.717) is 12.5 Å². The van der Waals surface area contributed by atoms with Crippen LogP contribution in [0.1, 0.15) is 49.7 Å². The van der Waals surface area contributed by atoms with Crippen molar-refractivity contribution in [1.29, 1.82) is 0 Å². The molecule has 0 aliphatic carbocycles. The molecule has 0 aliphatic rings. The summed E-state index contributed by atoms with van der Waals surface area (Å²) in [6.45, 7) is 3.68. The Morgan fingerprint density at radius 2 is 1.65 bits per heavy atom. The van der Waals surface area contributed by atoms with E-state index in [0.717, 1.165) is 25.2 Å². The van der Waals surface area contributed by atoms with Gasteiger partial charge in [-0.05, 0) is 36.6 Å². The largest absolute Gasteiger partial charge is 0.493 e. The molecule has 2 rings (SSSR count). The Kier molecular flexibility index (Phi) is 7.68. The molecule has 0 amide bonds. The van der Waals surface area contributed by atoms with Gasteiger partial charge in [0.1, 0.15) is 5.75 Å². The lowest BCUT2D eigenvalue weighted by Crippen LogP contribution is -2.15. The van der Waals surface area contributed by atoms with E-state index < -0.39 is 0 Å². The van der Waals surface area contributed by atoms with E-state index in [1.54, 1.807) is 0 Å². The Bertz CT molecular complexity index is 553. The predicted molar refractivity (Wildman–Crippen MR) is 98.0 cm³/mol. The number of unbranched alkanes of at least 4 members (excludes halogenated alkanes) is 3. The van der Waals surface area contributed by atoms with Crippen molar-refractivity contribution in [3.63, 3.8) is 0 Å². The van der Waals surface area contributed by atoms with Gasteiger partial charge in [-0.2, -0.15) is 0 Å². The minimum absolute atomic E-state index is 0.334. The first kappa shape index (κ1) is 17.6. The molecule has 1 unspecified atom stereocenters. The highest BCUT2D eigenvalue weighted by Crippen LogP contribution is 2.26. The van der Waals surface area contributed by atoms with Crippen LogP contribution in [0, 0.1) is 0 Å². The lowest BCUT2D eigenvalue weighted by molar-refractivity contribution is 0.301. The summed E-state index contributed by atoms with van der Waals surface area (Å²) in [4.78, 5) is 0. The van der Waals surface area contributed by atoms with Crippen LogP contribution in [-0.2, 0) is 6.42 Å². The van der Waals surface area contributed by atoms with Crippen LogP contribution < -0.4 is 10.5 Å². The maximum atomic E-state index is 6.02. The van der Waals surface area contributed by atoms with Gasteiger partial charge in [-0.1, -0.05) is 74.7 Å². The molecule has 1 atom stereocenters. The van der Waals surface area contributed by atoms with E-state index in [1.165, 1.54) is 30.4 Å². The van der Waals surface area contributed by atoms with E-state index in [2.05, 4.69) is 49.4 Å². The van der Waals surface area contributed by atoms with Gasteiger partial charge in [0.05, 0.1) is 6.61 Å². The van der Waals surface area contributed by atoms with Crippen molar-refractivity contribution in [1.82, 2.24) is 0 Å². The highest BCUT2D eigenvalue weighted by Gasteiger charge is 2.13. The number of benzene rings is 2. The molecule has 0 saturated carbocycles. The van der Waals surface area contributed by atoms with Crippen LogP contribution >= 0.6 is 0 Å². The normalized spacial score (nSPS) is 12.1. The fraction of sp³-hybridized carbons (Fsp3) is 0.429. The zero-order chi connectivity index (χ0) is 16.3. The van der Waals surface area contributed by atoms with Crippen molar-refractivity contribution >= 4 is 0 Å². The minimum Gasteiger partial charge on any atom is -0.493 e. The van der Waals surface area contributed by atoms with Crippen LogP contribution in [0.15, 0.2) is 54.6 Å². The van der Waals surface area contributed by atoms with E-state index in [-0.39, 0.29) is 0 Å². The molecule has 0 fully saturated rings. The minimum atomic E-state index is 0.334. The predicted octanol–water partition coefficient (Wildman–Crippen LogP) is 4.93. The van der Waals surface area contributed by atoms with Crippen LogP contribution in [0.2, 0.25) is 0 Å². The van der Waals surface area contributed by atoms with Gasteiger partial charge >= 0.3 is 0 Å². The second-order valence-corrected chi connectivity index (χ2v) is 6.06. The fourth-order valence-corrected chi connectivity index (χ4v) is 2.85. The van der Waals surface area contributed by atoms with E-state index >= 15 is 0 Å². The molecular weight excluding hydrogens is 282 g/mol. The average molecular weight is 311 g/mol. The van der Waals surface area contributed by atoms with Gasteiger partial charge in [-0.15, -0.1) is 0 Å². The van der Waals surface area contributed by atoms with Gasteiger partial charge in [0.25, 0.3) is 0 Å². The van der Waals surface area contributed by atoms with Crippen LogP contribution in [0.4, 0.5) is 0 Å². The van der Waals surface area contributed by atoms with E-state index in [9.17, 15) is 0 Å². The highest BCUT2D eigenvalue weighted by molar-refractivity contribution is 5.35. The quantitative estimate of drug-likeness (QED) is 0.631. The smallest absolute Gasteiger partial charge is 0.122 e. The molecule has 0 bridgehead atoms. The SMILES string of the molecule is CCCCCCOc1ccccc1CC(CN)c1ccccc1. The van der Waals surface area contributed by atoms with Crippen molar-refractivity contribution in [2.24, 2.45) is 5.73 Å². The van der Waals surface area contributed by atoms with Crippen molar-refractivity contribution in [2.45, 2.75) is 44.9 Å². The third kappa shape index (κ3) is 5.72. The number of hydrogen-bond donors (Lipinski definition) is 1. The van der Waals surface area contributed by atoms with Gasteiger partial charge in [-0.3, -0.25) is 0 Å². The van der Waals surface area contributed by atoms with Crippen LogP contribution in [-0.4, -0.2) is 13.2 Å². The average Bonchev–Trinajstić information content (AvgIpc) is 2.61. The summed E-state index contributed by atoms with van der Waals surface area (Å²) < 4.78 is 6.02. The first-order valence-electron chi connectivity index (χ1n) is 8.80. The molecule has 0 saturated heterocycles. The van der Waals surface area contributed by atoms with Crippen LogP contribution in [0.5, 0.6) is 5.75 Å². The van der Waals surface area contributed by atoms with E-state index in [1.807, 2.05) is 12.1 Å². The maximum absolute atomic E-state index is 6.02. The maximum Gasteiger partial charge on any atom is 0.122 e. The molecule has 2 aromatic rings. The molecule has 2 heteroatoms. The third-order valence-corrected chi connectivity index (χ3v) is 4.25. The summed E-state index contributed by atoms with van der Waals surface area (Å²) in [5.74, 6) is 1.35. The Balaban J connectivity index is 1.98. The number of nitrogens with two attached hydrogens (primary N) is 1. The molecule has 0 radical (unpaired) electrons. The van der Waals surface area contributed by atoms with Crippen molar-refractivity contribution in [2.75, 3.05) is 13.2 Å². The summed E-state index contributed by atoms with van der Waals surface area (Å²) in [5.41, 5.74) is 8.57. The monoisotopic (exact) mass is 311 g/mol. The van der Waals surface area contributed by atoms with Crippen LogP contribution in [0.3, 0.4) is 0 Å². The van der Waals surface area contributed by atoms with Crippen molar-refractivity contribution in [3.05, 3.63) is 65.7 Å². The molecule has 2 N–H and O–H groups in total. The Morgan fingerprint density at radius 1 is 0.913 bits per heavy atom. The molecular formula is C21H29NO. The zero-order valence-corrected chi connectivity index (χ0v) is 14.2. The molecule has 124 valence electrons. The number of ether oxygens (including phenoxy) is 1. The number of para-hydroxylation sites is 1. The molecule has 2 aromatic carbocycles. The summed E-state index contributed by atoms with van der Waals surface area (Å²) in [6, 6.07) is 18.9. The summed E-state index contributed by atoms with van der Waals surface area (Å²) >= 11 is 0.